The maximum atomic E-state index is 6.53. The molecule has 1 aliphatic carbocycles. The maximum Gasteiger partial charge on any atom is 0.168 e. The first-order chi connectivity index (χ1) is 13.3. The van der Waals surface area contributed by atoms with Crippen molar-refractivity contribution in [2.45, 2.75) is 116 Å². The summed E-state index contributed by atoms with van der Waals surface area (Å²) in [4.78, 5) is 2.56. The Kier molecular flexibility index (Phi) is 7.86. The van der Waals surface area contributed by atoms with Crippen LogP contribution in [0.1, 0.15) is 92.4 Å². The lowest BCUT2D eigenvalue weighted by atomic mass is 9.68. The van der Waals surface area contributed by atoms with Crippen LogP contribution in [0, 0.1) is 11.3 Å². The molecule has 0 bridgehead atoms. The van der Waals surface area contributed by atoms with E-state index in [1.165, 1.54) is 38.5 Å². The highest BCUT2D eigenvalue weighted by Gasteiger charge is 2.46. The molecule has 4 nitrogen and oxygen atoms in total. The minimum absolute atomic E-state index is 0.256. The molecule has 3 aliphatic rings. The van der Waals surface area contributed by atoms with Crippen LogP contribution >= 0.6 is 0 Å². The van der Waals surface area contributed by atoms with Gasteiger partial charge >= 0.3 is 0 Å². The Bertz CT molecular complexity index is 464. The van der Waals surface area contributed by atoms with E-state index in [0.29, 0.717) is 17.6 Å². The Balaban J connectivity index is 1.43. The van der Waals surface area contributed by atoms with Gasteiger partial charge in [0.1, 0.15) is 0 Å². The van der Waals surface area contributed by atoms with Gasteiger partial charge in [-0.2, -0.15) is 0 Å². The Labute approximate surface area is 173 Å². The van der Waals surface area contributed by atoms with Gasteiger partial charge in [-0.25, -0.2) is 0 Å². The average molecular weight is 396 g/mol. The topological polar surface area (TPSA) is 30.9 Å². The molecule has 2 atom stereocenters. The van der Waals surface area contributed by atoms with Gasteiger partial charge in [0.15, 0.2) is 5.79 Å². The second-order valence-corrected chi connectivity index (χ2v) is 10.5. The molecule has 3 fully saturated rings. The van der Waals surface area contributed by atoms with Crippen LogP contribution in [0.3, 0.4) is 0 Å². The van der Waals surface area contributed by atoms with Crippen LogP contribution in [0.15, 0.2) is 0 Å². The summed E-state index contributed by atoms with van der Waals surface area (Å²) in [6.07, 6.45) is 11.4. The zero-order valence-corrected chi connectivity index (χ0v) is 19.2. The number of hydrogen-bond acceptors (Lipinski definition) is 4. The van der Waals surface area contributed by atoms with Gasteiger partial charge in [-0.1, -0.05) is 27.2 Å². The molecule has 4 heteroatoms. The fourth-order valence-electron chi connectivity index (χ4n) is 5.63. The van der Waals surface area contributed by atoms with E-state index in [4.69, 9.17) is 14.2 Å². The molecule has 0 aromatic heterocycles. The number of rotatable bonds is 9. The van der Waals surface area contributed by atoms with Gasteiger partial charge in [-0.3, -0.25) is 4.90 Å². The molecule has 164 valence electrons. The van der Waals surface area contributed by atoms with Crippen molar-refractivity contribution < 1.29 is 14.2 Å². The van der Waals surface area contributed by atoms with Crippen LogP contribution in [-0.2, 0) is 14.2 Å². The monoisotopic (exact) mass is 395 g/mol. The van der Waals surface area contributed by atoms with Gasteiger partial charge in [0.25, 0.3) is 0 Å². The highest BCUT2D eigenvalue weighted by Crippen LogP contribution is 2.47. The Hall–Kier alpha value is -0.160. The third kappa shape index (κ3) is 5.71. The minimum Gasteiger partial charge on any atom is -0.377 e. The lowest BCUT2D eigenvalue weighted by Crippen LogP contribution is -2.41. The van der Waals surface area contributed by atoms with Crippen LogP contribution in [0.4, 0.5) is 0 Å². The average Bonchev–Trinajstić information content (AvgIpc) is 3.29. The van der Waals surface area contributed by atoms with Gasteiger partial charge in [0.2, 0.25) is 0 Å². The minimum atomic E-state index is -0.277. The van der Waals surface area contributed by atoms with Crippen molar-refractivity contribution in [1.29, 1.82) is 0 Å². The van der Waals surface area contributed by atoms with E-state index in [-0.39, 0.29) is 11.9 Å². The van der Waals surface area contributed by atoms with Crippen LogP contribution < -0.4 is 0 Å². The summed E-state index contributed by atoms with van der Waals surface area (Å²) in [5.74, 6) is 0.535. The van der Waals surface area contributed by atoms with Gasteiger partial charge in [-0.05, 0) is 63.7 Å². The van der Waals surface area contributed by atoms with E-state index in [1.54, 1.807) is 0 Å². The molecule has 0 radical (unpaired) electrons. The molecule has 0 aromatic rings. The first kappa shape index (κ1) is 22.5. The molecular weight excluding hydrogens is 350 g/mol. The summed E-state index contributed by atoms with van der Waals surface area (Å²) >= 11 is 0. The summed E-state index contributed by atoms with van der Waals surface area (Å²) in [6, 6.07) is 0.553. The van der Waals surface area contributed by atoms with E-state index in [2.05, 4.69) is 39.5 Å². The van der Waals surface area contributed by atoms with Crippen molar-refractivity contribution in [1.82, 2.24) is 4.90 Å². The van der Waals surface area contributed by atoms with Gasteiger partial charge in [0.05, 0.1) is 18.8 Å². The maximum absolute atomic E-state index is 6.53. The SMILES string of the molecule is CCCC(C)(C)C1CCC2(CC1)OCC(CCN(CC1CCCO1)C(C)C)O2. The quantitative estimate of drug-likeness (QED) is 0.523. The van der Waals surface area contributed by atoms with Gasteiger partial charge in [0, 0.05) is 38.6 Å². The van der Waals surface area contributed by atoms with E-state index < -0.39 is 0 Å². The van der Waals surface area contributed by atoms with Crippen molar-refractivity contribution in [2.75, 3.05) is 26.3 Å². The molecule has 2 saturated heterocycles. The summed E-state index contributed by atoms with van der Waals surface area (Å²) in [5.41, 5.74) is 0.453. The van der Waals surface area contributed by atoms with E-state index in [0.717, 1.165) is 51.5 Å². The van der Waals surface area contributed by atoms with E-state index >= 15 is 0 Å². The summed E-state index contributed by atoms with van der Waals surface area (Å²) < 4.78 is 18.7. The fourth-order valence-corrected chi connectivity index (χ4v) is 5.63. The largest absolute Gasteiger partial charge is 0.377 e. The van der Waals surface area contributed by atoms with Crippen molar-refractivity contribution >= 4 is 0 Å². The first-order valence-corrected chi connectivity index (χ1v) is 12.0. The van der Waals surface area contributed by atoms with Crippen molar-refractivity contribution in [3.63, 3.8) is 0 Å². The molecule has 0 aromatic carbocycles. The molecule has 1 saturated carbocycles. The predicted octanol–water partition coefficient (Wildman–Crippen LogP) is 5.39. The van der Waals surface area contributed by atoms with E-state index in [1.807, 2.05) is 0 Å². The third-order valence-electron chi connectivity index (χ3n) is 7.59. The molecule has 2 heterocycles. The Morgan fingerprint density at radius 2 is 1.86 bits per heavy atom. The van der Waals surface area contributed by atoms with Gasteiger partial charge in [-0.15, -0.1) is 0 Å². The molecule has 3 rings (SSSR count). The van der Waals surface area contributed by atoms with Crippen molar-refractivity contribution in [2.24, 2.45) is 11.3 Å². The summed E-state index contributed by atoms with van der Waals surface area (Å²) in [6.45, 7) is 15.6. The first-order valence-electron chi connectivity index (χ1n) is 12.0. The highest BCUT2D eigenvalue weighted by molar-refractivity contribution is 4.90. The molecule has 1 spiro atoms. The Morgan fingerprint density at radius 1 is 1.11 bits per heavy atom. The molecule has 0 N–H and O–H groups in total. The van der Waals surface area contributed by atoms with Crippen LogP contribution in [0.5, 0.6) is 0 Å². The number of ether oxygens (including phenoxy) is 3. The van der Waals surface area contributed by atoms with Crippen LogP contribution in [0.2, 0.25) is 0 Å². The van der Waals surface area contributed by atoms with Gasteiger partial charge < -0.3 is 14.2 Å². The molecular formula is C24H45NO3. The van der Waals surface area contributed by atoms with Crippen molar-refractivity contribution in [3.8, 4) is 0 Å². The zero-order chi connectivity index (χ0) is 20.2. The number of nitrogens with zero attached hydrogens (tertiary/aromatic N) is 1. The van der Waals surface area contributed by atoms with Crippen molar-refractivity contribution in [3.05, 3.63) is 0 Å². The second kappa shape index (κ2) is 9.76. The molecule has 0 amide bonds. The lowest BCUT2D eigenvalue weighted by molar-refractivity contribution is -0.197. The molecule has 2 aliphatic heterocycles. The third-order valence-corrected chi connectivity index (χ3v) is 7.59. The number of hydrogen-bond donors (Lipinski definition) is 0. The fraction of sp³-hybridized carbons (Fsp3) is 1.00. The van der Waals surface area contributed by atoms with Crippen LogP contribution in [-0.4, -0.2) is 55.2 Å². The normalized spacial score (nSPS) is 34.2. The lowest BCUT2D eigenvalue weighted by Gasteiger charge is -2.42. The predicted molar refractivity (Wildman–Crippen MR) is 115 cm³/mol. The Morgan fingerprint density at radius 3 is 2.46 bits per heavy atom. The standard InChI is InChI=1S/C24H45NO3/c1-6-12-23(4,5)20-9-13-24(14-10-20)27-18-22(28-24)11-15-25(19(2)3)17-21-8-7-16-26-21/h19-22H,6-18H2,1-5H3. The zero-order valence-electron chi connectivity index (χ0n) is 19.2. The van der Waals surface area contributed by atoms with Crippen LogP contribution in [0.25, 0.3) is 0 Å². The molecule has 28 heavy (non-hydrogen) atoms. The smallest absolute Gasteiger partial charge is 0.168 e. The van der Waals surface area contributed by atoms with E-state index in [9.17, 15) is 0 Å². The second-order valence-electron chi connectivity index (χ2n) is 10.5. The highest BCUT2D eigenvalue weighted by atomic mass is 16.7. The summed E-state index contributed by atoms with van der Waals surface area (Å²) in [7, 11) is 0. The summed E-state index contributed by atoms with van der Waals surface area (Å²) in [5, 5.41) is 0. The molecule has 2 unspecified atom stereocenters.